The monoisotopic (exact) mass is 383 g/mol. The van der Waals surface area contributed by atoms with Gasteiger partial charge in [0.05, 0.1) is 21.3 Å². The summed E-state index contributed by atoms with van der Waals surface area (Å²) in [5, 5.41) is 6.64. The van der Waals surface area contributed by atoms with Gasteiger partial charge in [-0.25, -0.2) is 0 Å². The average Bonchev–Trinajstić information content (AvgIpc) is 3.17. The summed E-state index contributed by atoms with van der Waals surface area (Å²) in [5.74, 6) is 2.34. The molecule has 28 heavy (non-hydrogen) atoms. The molecule has 0 aliphatic carbocycles. The van der Waals surface area contributed by atoms with Gasteiger partial charge in [-0.1, -0.05) is 5.16 Å². The Morgan fingerprint density at radius 3 is 2.18 bits per heavy atom. The van der Waals surface area contributed by atoms with E-state index in [4.69, 9.17) is 18.7 Å². The lowest BCUT2D eigenvalue weighted by Gasteiger charge is -2.14. The molecule has 0 unspecified atom stereocenters. The van der Waals surface area contributed by atoms with E-state index in [0.29, 0.717) is 41.1 Å². The number of carbonyl (C=O) groups excluding carboxylic acids is 1. The maximum absolute atomic E-state index is 12.5. The number of hydrogen-bond acceptors (Lipinski definition) is 7. The van der Waals surface area contributed by atoms with Crippen molar-refractivity contribution in [3.63, 3.8) is 0 Å². The fourth-order valence-electron chi connectivity index (χ4n) is 2.70. The highest BCUT2D eigenvalue weighted by molar-refractivity contribution is 5.94. The third-order valence-electron chi connectivity index (χ3n) is 4.10. The van der Waals surface area contributed by atoms with E-state index in [0.717, 1.165) is 11.1 Å². The van der Waals surface area contributed by atoms with Crippen LogP contribution in [0, 0.1) is 6.92 Å². The summed E-state index contributed by atoms with van der Waals surface area (Å²) < 4.78 is 21.1. The van der Waals surface area contributed by atoms with Crippen LogP contribution in [0.3, 0.4) is 0 Å². The molecule has 1 heterocycles. The van der Waals surface area contributed by atoms with Crippen LogP contribution in [0.15, 0.2) is 40.9 Å². The molecule has 3 rings (SSSR count). The van der Waals surface area contributed by atoms with E-state index < -0.39 is 0 Å². The van der Waals surface area contributed by atoms with Gasteiger partial charge in [0.1, 0.15) is 0 Å². The number of aryl methyl sites for hydroxylation is 1. The van der Waals surface area contributed by atoms with E-state index >= 15 is 0 Å². The summed E-state index contributed by atoms with van der Waals surface area (Å²) in [6, 6.07) is 10.5. The number of amides is 1. The Labute approximate surface area is 162 Å². The number of nitrogens with one attached hydrogen (secondary N) is 1. The molecule has 0 radical (unpaired) electrons. The largest absolute Gasteiger partial charge is 0.493 e. The van der Waals surface area contributed by atoms with Gasteiger partial charge in [-0.2, -0.15) is 4.98 Å². The Morgan fingerprint density at radius 1 is 1.04 bits per heavy atom. The maximum Gasteiger partial charge on any atom is 0.257 e. The van der Waals surface area contributed by atoms with Gasteiger partial charge in [0.15, 0.2) is 17.3 Å². The Balaban J connectivity index is 1.70. The van der Waals surface area contributed by atoms with Gasteiger partial charge < -0.3 is 24.1 Å². The van der Waals surface area contributed by atoms with Gasteiger partial charge in [-0.3, -0.25) is 4.79 Å². The summed E-state index contributed by atoms with van der Waals surface area (Å²) in [4.78, 5) is 16.6. The molecule has 1 N–H and O–H groups in total. The number of hydrogen-bond donors (Lipinski definition) is 1. The van der Waals surface area contributed by atoms with E-state index in [1.807, 2.05) is 0 Å². The van der Waals surface area contributed by atoms with Crippen molar-refractivity contribution in [3.05, 3.63) is 53.3 Å². The molecule has 0 saturated heterocycles. The van der Waals surface area contributed by atoms with E-state index in [1.165, 1.54) is 0 Å². The lowest BCUT2D eigenvalue weighted by Crippen LogP contribution is -2.22. The molecular formula is C20H21N3O5. The zero-order chi connectivity index (χ0) is 20.1. The standard InChI is InChI=1S/C20H21N3O5/c1-12-22-20(28-23-12)15-7-5-14(6-8-15)19(24)21-11-13-9-16(25-2)18(27-4)17(10-13)26-3/h5-10H,11H2,1-4H3,(H,21,24). The minimum atomic E-state index is -0.206. The second-order valence-electron chi connectivity index (χ2n) is 5.94. The average molecular weight is 383 g/mol. The molecule has 1 aromatic heterocycles. The molecule has 0 atom stereocenters. The van der Waals surface area contributed by atoms with Gasteiger partial charge in [0.25, 0.3) is 11.8 Å². The highest BCUT2D eigenvalue weighted by Crippen LogP contribution is 2.38. The van der Waals surface area contributed by atoms with Gasteiger partial charge >= 0.3 is 0 Å². The minimum absolute atomic E-state index is 0.206. The van der Waals surface area contributed by atoms with Gasteiger partial charge in [0, 0.05) is 17.7 Å². The molecule has 1 amide bonds. The van der Waals surface area contributed by atoms with Crippen LogP contribution in [-0.4, -0.2) is 37.4 Å². The van der Waals surface area contributed by atoms with Crippen LogP contribution in [0.5, 0.6) is 17.2 Å². The second kappa shape index (κ2) is 8.43. The Kier molecular flexibility index (Phi) is 5.78. The van der Waals surface area contributed by atoms with E-state index in [2.05, 4.69) is 15.5 Å². The molecule has 8 nitrogen and oxygen atoms in total. The van der Waals surface area contributed by atoms with Crippen molar-refractivity contribution in [1.82, 2.24) is 15.5 Å². The van der Waals surface area contributed by atoms with Crippen LogP contribution in [0.1, 0.15) is 21.7 Å². The lowest BCUT2D eigenvalue weighted by molar-refractivity contribution is 0.0951. The van der Waals surface area contributed by atoms with Crippen molar-refractivity contribution in [2.75, 3.05) is 21.3 Å². The van der Waals surface area contributed by atoms with Crippen LogP contribution >= 0.6 is 0 Å². The number of ether oxygens (including phenoxy) is 3. The molecule has 0 saturated carbocycles. The predicted octanol–water partition coefficient (Wildman–Crippen LogP) is 3.00. The van der Waals surface area contributed by atoms with Crippen LogP contribution in [-0.2, 0) is 6.54 Å². The number of carbonyl (C=O) groups is 1. The maximum atomic E-state index is 12.5. The summed E-state index contributed by atoms with van der Waals surface area (Å²) in [5.41, 5.74) is 2.09. The van der Waals surface area contributed by atoms with Crippen LogP contribution < -0.4 is 19.5 Å². The Hall–Kier alpha value is -3.55. The molecule has 0 spiro atoms. The van der Waals surface area contributed by atoms with Crippen molar-refractivity contribution in [1.29, 1.82) is 0 Å². The molecule has 0 fully saturated rings. The molecule has 2 aromatic carbocycles. The predicted molar refractivity (Wildman–Crippen MR) is 102 cm³/mol. The molecule has 8 heteroatoms. The molecule has 0 aliphatic rings. The summed E-state index contributed by atoms with van der Waals surface area (Å²) >= 11 is 0. The van der Waals surface area contributed by atoms with Crippen molar-refractivity contribution in [2.45, 2.75) is 13.5 Å². The van der Waals surface area contributed by atoms with Crippen molar-refractivity contribution in [3.8, 4) is 28.7 Å². The van der Waals surface area contributed by atoms with Gasteiger partial charge in [0.2, 0.25) is 5.75 Å². The molecule has 0 aliphatic heterocycles. The van der Waals surface area contributed by atoms with E-state index in [1.54, 1.807) is 64.7 Å². The summed E-state index contributed by atoms with van der Waals surface area (Å²) in [7, 11) is 4.64. The zero-order valence-electron chi connectivity index (χ0n) is 16.1. The third-order valence-corrected chi connectivity index (χ3v) is 4.10. The first kappa shape index (κ1) is 19.2. The van der Waals surface area contributed by atoms with Crippen LogP contribution in [0.2, 0.25) is 0 Å². The fourth-order valence-corrected chi connectivity index (χ4v) is 2.70. The first-order valence-corrected chi connectivity index (χ1v) is 8.53. The van der Waals surface area contributed by atoms with E-state index in [9.17, 15) is 4.79 Å². The number of methoxy groups -OCH3 is 3. The Morgan fingerprint density at radius 2 is 1.68 bits per heavy atom. The van der Waals surface area contributed by atoms with Crippen LogP contribution in [0.25, 0.3) is 11.5 Å². The quantitative estimate of drug-likeness (QED) is 0.670. The first-order chi connectivity index (χ1) is 13.5. The number of nitrogens with zero attached hydrogens (tertiary/aromatic N) is 2. The zero-order valence-corrected chi connectivity index (χ0v) is 16.1. The molecule has 146 valence electrons. The minimum Gasteiger partial charge on any atom is -0.493 e. The smallest absolute Gasteiger partial charge is 0.257 e. The van der Waals surface area contributed by atoms with Gasteiger partial charge in [-0.05, 0) is 48.9 Å². The van der Waals surface area contributed by atoms with Crippen molar-refractivity contribution < 1.29 is 23.5 Å². The number of benzene rings is 2. The molecule has 3 aromatic rings. The number of rotatable bonds is 7. The SMILES string of the molecule is COc1cc(CNC(=O)c2ccc(-c3nc(C)no3)cc2)cc(OC)c1OC. The lowest BCUT2D eigenvalue weighted by atomic mass is 10.1. The van der Waals surface area contributed by atoms with E-state index in [-0.39, 0.29) is 5.91 Å². The molecule has 0 bridgehead atoms. The highest BCUT2D eigenvalue weighted by Gasteiger charge is 2.14. The third kappa shape index (κ3) is 4.06. The summed E-state index contributed by atoms with van der Waals surface area (Å²) in [6.07, 6.45) is 0. The normalized spacial score (nSPS) is 10.4. The summed E-state index contributed by atoms with van der Waals surface area (Å²) in [6.45, 7) is 2.05. The molecular weight excluding hydrogens is 362 g/mol. The van der Waals surface area contributed by atoms with Crippen molar-refractivity contribution >= 4 is 5.91 Å². The fraction of sp³-hybridized carbons (Fsp3) is 0.250. The first-order valence-electron chi connectivity index (χ1n) is 8.53. The van der Waals surface area contributed by atoms with Crippen molar-refractivity contribution in [2.24, 2.45) is 0 Å². The number of aromatic nitrogens is 2. The topological polar surface area (TPSA) is 95.7 Å². The van der Waals surface area contributed by atoms with Crippen LogP contribution in [0.4, 0.5) is 0 Å². The second-order valence-corrected chi connectivity index (χ2v) is 5.94. The Bertz CT molecular complexity index is 941. The van der Waals surface area contributed by atoms with Gasteiger partial charge in [-0.15, -0.1) is 0 Å². The highest BCUT2D eigenvalue weighted by atomic mass is 16.5.